The van der Waals surface area contributed by atoms with E-state index in [-0.39, 0.29) is 11.4 Å². The fourth-order valence-corrected chi connectivity index (χ4v) is 5.77. The lowest BCUT2D eigenvalue weighted by Crippen LogP contribution is -2.54. The summed E-state index contributed by atoms with van der Waals surface area (Å²) in [5, 5.41) is 3.63. The fourth-order valence-electron chi connectivity index (χ4n) is 3.89. The van der Waals surface area contributed by atoms with Crippen molar-refractivity contribution in [2.24, 2.45) is 0 Å². The molecule has 2 amide bonds. The first-order valence-corrected chi connectivity index (χ1v) is 14.7. The van der Waals surface area contributed by atoms with Gasteiger partial charge in [-0.1, -0.05) is 47.5 Å². The Hall–Kier alpha value is -3.27. The Morgan fingerprint density at radius 2 is 1.60 bits per heavy atom. The number of carbonyl (C=O) groups is 2. The molecular weight excluding hydrogens is 573 g/mol. The maximum Gasteiger partial charge on any atom is 0.264 e. The molecule has 0 aromatic heterocycles. The number of sulfonamides is 1. The number of hydrogen-bond acceptors (Lipinski definition) is 5. The highest BCUT2D eigenvalue weighted by Crippen LogP contribution is 2.27. The van der Waals surface area contributed by atoms with Gasteiger partial charge in [-0.3, -0.25) is 13.9 Å². The zero-order valence-corrected chi connectivity index (χ0v) is 25.3. The molecule has 0 aliphatic carbocycles. The summed E-state index contributed by atoms with van der Waals surface area (Å²) in [6, 6.07) is 18.1. The average Bonchev–Trinajstić information content (AvgIpc) is 2.90. The third-order valence-electron chi connectivity index (χ3n) is 5.99. The summed E-state index contributed by atoms with van der Waals surface area (Å²) in [4.78, 5) is 28.4. The summed E-state index contributed by atoms with van der Waals surface area (Å²) < 4.78 is 33.8. The topological polar surface area (TPSA) is 96.0 Å². The van der Waals surface area contributed by atoms with Gasteiger partial charge in [-0.2, -0.15) is 0 Å². The van der Waals surface area contributed by atoms with Crippen LogP contribution in [0.1, 0.15) is 33.3 Å². The zero-order valence-electron chi connectivity index (χ0n) is 23.0. The Bertz CT molecular complexity index is 1440. The minimum atomic E-state index is -4.18. The van der Waals surface area contributed by atoms with Gasteiger partial charge in [-0.05, 0) is 81.8 Å². The largest absolute Gasteiger partial charge is 0.497 e. The third-order valence-corrected chi connectivity index (χ3v) is 8.37. The standard InChI is InChI=1S/C29H33Cl2N3O5S/c1-20(28(36)32-29(2,3)4)33(18-21-11-12-22(30)17-26(21)31)27(35)19-34(23-9-7-6-8-10-23)40(37,38)25-15-13-24(39-5)14-16-25/h6-17,20H,18-19H2,1-5H3,(H,32,36). The van der Waals surface area contributed by atoms with E-state index in [1.165, 1.54) is 36.3 Å². The summed E-state index contributed by atoms with van der Waals surface area (Å²) in [5.41, 5.74) is 0.299. The predicted molar refractivity (Wildman–Crippen MR) is 158 cm³/mol. The first-order valence-electron chi connectivity index (χ1n) is 12.5. The van der Waals surface area contributed by atoms with E-state index in [9.17, 15) is 18.0 Å². The number of nitrogens with zero attached hydrogens (tertiary/aromatic N) is 2. The van der Waals surface area contributed by atoms with E-state index in [4.69, 9.17) is 27.9 Å². The molecule has 0 spiro atoms. The van der Waals surface area contributed by atoms with Gasteiger partial charge >= 0.3 is 0 Å². The number of methoxy groups -OCH3 is 1. The van der Waals surface area contributed by atoms with Gasteiger partial charge in [0.05, 0.1) is 17.7 Å². The molecule has 0 saturated carbocycles. The van der Waals surface area contributed by atoms with Gasteiger partial charge in [0.15, 0.2) is 0 Å². The van der Waals surface area contributed by atoms with Crippen LogP contribution in [0.5, 0.6) is 5.75 Å². The summed E-state index contributed by atoms with van der Waals surface area (Å²) in [6.45, 7) is 6.48. The number of benzene rings is 3. The number of hydrogen-bond donors (Lipinski definition) is 1. The Morgan fingerprint density at radius 1 is 0.975 bits per heavy atom. The van der Waals surface area contributed by atoms with Crippen molar-refractivity contribution in [1.82, 2.24) is 10.2 Å². The Kier molecular flexibility index (Phi) is 10.1. The summed E-state index contributed by atoms with van der Waals surface area (Å²) >= 11 is 12.5. The van der Waals surface area contributed by atoms with Crippen LogP contribution in [0.3, 0.4) is 0 Å². The summed E-state index contributed by atoms with van der Waals surface area (Å²) in [5.74, 6) is -0.496. The van der Waals surface area contributed by atoms with Crippen molar-refractivity contribution in [2.45, 2.75) is 50.7 Å². The maximum atomic E-state index is 14.0. The molecule has 0 saturated heterocycles. The highest BCUT2D eigenvalue weighted by atomic mass is 35.5. The van der Waals surface area contributed by atoms with Crippen molar-refractivity contribution >= 4 is 50.7 Å². The van der Waals surface area contributed by atoms with E-state index < -0.39 is 40.0 Å². The second-order valence-corrected chi connectivity index (χ2v) is 12.9. The van der Waals surface area contributed by atoms with Gasteiger partial charge in [0.2, 0.25) is 11.8 Å². The molecule has 40 heavy (non-hydrogen) atoms. The van der Waals surface area contributed by atoms with Crippen molar-refractivity contribution in [2.75, 3.05) is 18.0 Å². The van der Waals surface area contributed by atoms with Crippen LogP contribution >= 0.6 is 23.2 Å². The Morgan fingerprint density at radius 3 is 2.15 bits per heavy atom. The molecule has 1 unspecified atom stereocenters. The van der Waals surface area contributed by atoms with E-state index in [2.05, 4.69) is 5.32 Å². The lowest BCUT2D eigenvalue weighted by atomic mass is 10.1. The van der Waals surface area contributed by atoms with Crippen molar-refractivity contribution in [3.63, 3.8) is 0 Å². The van der Waals surface area contributed by atoms with Crippen LogP contribution in [0.4, 0.5) is 5.69 Å². The van der Waals surface area contributed by atoms with Gasteiger partial charge < -0.3 is 15.0 Å². The monoisotopic (exact) mass is 605 g/mol. The first-order chi connectivity index (χ1) is 18.7. The molecule has 0 aliphatic heterocycles. The number of anilines is 1. The molecule has 11 heteroatoms. The lowest BCUT2D eigenvalue weighted by molar-refractivity contribution is -0.140. The van der Waals surface area contributed by atoms with E-state index in [0.29, 0.717) is 27.0 Å². The van der Waals surface area contributed by atoms with E-state index >= 15 is 0 Å². The van der Waals surface area contributed by atoms with E-state index in [1.54, 1.807) is 55.5 Å². The summed E-state index contributed by atoms with van der Waals surface area (Å²) in [7, 11) is -2.70. The molecule has 3 aromatic carbocycles. The van der Waals surface area contributed by atoms with E-state index in [1.807, 2.05) is 20.8 Å². The van der Waals surface area contributed by atoms with Crippen molar-refractivity contribution < 1.29 is 22.7 Å². The molecule has 0 bridgehead atoms. The molecule has 0 aliphatic rings. The van der Waals surface area contributed by atoms with Gasteiger partial charge in [0, 0.05) is 22.1 Å². The maximum absolute atomic E-state index is 14.0. The normalized spacial score (nSPS) is 12.4. The van der Waals surface area contributed by atoms with Gasteiger partial charge in [0.1, 0.15) is 18.3 Å². The molecule has 0 heterocycles. The molecule has 0 radical (unpaired) electrons. The van der Waals surface area contributed by atoms with Crippen molar-refractivity contribution in [3.8, 4) is 5.75 Å². The second kappa shape index (κ2) is 12.9. The Labute approximate surface area is 245 Å². The fraction of sp³-hybridized carbons (Fsp3) is 0.310. The average molecular weight is 607 g/mol. The van der Waals surface area contributed by atoms with Crippen LogP contribution in [0.2, 0.25) is 10.0 Å². The number of para-hydroxylation sites is 1. The number of ether oxygens (including phenoxy) is 1. The van der Waals surface area contributed by atoms with Gasteiger partial charge in [-0.25, -0.2) is 8.42 Å². The molecular formula is C29H33Cl2N3O5S. The highest BCUT2D eigenvalue weighted by molar-refractivity contribution is 7.92. The van der Waals surface area contributed by atoms with Crippen molar-refractivity contribution in [3.05, 3.63) is 88.4 Å². The first kappa shape index (κ1) is 31.3. The number of nitrogens with one attached hydrogen (secondary N) is 1. The van der Waals surface area contributed by atoms with Crippen LogP contribution in [0.15, 0.2) is 77.7 Å². The SMILES string of the molecule is COc1ccc(S(=O)(=O)N(CC(=O)N(Cc2ccc(Cl)cc2Cl)C(C)C(=O)NC(C)(C)C)c2ccccc2)cc1. The van der Waals surface area contributed by atoms with Crippen LogP contribution in [0, 0.1) is 0 Å². The molecule has 8 nitrogen and oxygen atoms in total. The predicted octanol–water partition coefficient (Wildman–Crippen LogP) is 5.53. The molecule has 3 rings (SSSR count). The smallest absolute Gasteiger partial charge is 0.264 e. The zero-order chi connectivity index (χ0) is 29.7. The molecule has 214 valence electrons. The van der Waals surface area contributed by atoms with Crippen LogP contribution in [-0.4, -0.2) is 50.4 Å². The summed E-state index contributed by atoms with van der Waals surface area (Å²) in [6.07, 6.45) is 0. The Balaban J connectivity index is 2.03. The quantitative estimate of drug-likeness (QED) is 0.328. The highest BCUT2D eigenvalue weighted by Gasteiger charge is 2.33. The molecule has 1 N–H and O–H groups in total. The number of amides is 2. The lowest BCUT2D eigenvalue weighted by Gasteiger charge is -2.33. The number of halogens is 2. The third kappa shape index (κ3) is 7.90. The second-order valence-electron chi connectivity index (χ2n) is 10.2. The minimum absolute atomic E-state index is 0.0178. The van der Waals surface area contributed by atoms with E-state index in [0.717, 1.165) is 4.31 Å². The van der Waals surface area contributed by atoms with Crippen LogP contribution in [0.25, 0.3) is 0 Å². The minimum Gasteiger partial charge on any atom is -0.497 e. The molecule has 0 fully saturated rings. The van der Waals surface area contributed by atoms with Crippen molar-refractivity contribution in [1.29, 1.82) is 0 Å². The molecule has 1 atom stereocenters. The van der Waals surface area contributed by atoms with Crippen LogP contribution in [-0.2, 0) is 26.2 Å². The molecule has 3 aromatic rings. The van der Waals surface area contributed by atoms with Gasteiger partial charge in [0.25, 0.3) is 10.0 Å². The number of carbonyl (C=O) groups excluding carboxylic acids is 2. The van der Waals surface area contributed by atoms with Crippen LogP contribution < -0.4 is 14.4 Å². The number of rotatable bonds is 10. The van der Waals surface area contributed by atoms with Gasteiger partial charge in [-0.15, -0.1) is 0 Å².